The topological polar surface area (TPSA) is 46.2 Å². The van der Waals surface area contributed by atoms with Crippen LogP contribution in [-0.4, -0.2) is 14.5 Å². The van der Waals surface area contributed by atoms with Gasteiger partial charge < -0.3 is 0 Å². The number of rotatable bonds is 3. The fourth-order valence-corrected chi connectivity index (χ4v) is 7.26. The molecule has 1 heterocycles. The van der Waals surface area contributed by atoms with E-state index < -0.39 is 10.0 Å². The van der Waals surface area contributed by atoms with Gasteiger partial charge in [-0.2, -0.15) is 0 Å². The van der Waals surface area contributed by atoms with Crippen LogP contribution >= 0.6 is 27.3 Å². The van der Waals surface area contributed by atoms with Gasteiger partial charge in [-0.25, -0.2) is 13.1 Å². The number of nitrogens with one attached hydrogen (secondary N) is 1. The van der Waals surface area contributed by atoms with Crippen LogP contribution in [0.1, 0.15) is 47.0 Å². The fourth-order valence-electron chi connectivity index (χ4n) is 3.67. The van der Waals surface area contributed by atoms with Crippen LogP contribution in [0.5, 0.6) is 0 Å². The van der Waals surface area contributed by atoms with Crippen LogP contribution in [0.15, 0.2) is 20.1 Å². The summed E-state index contributed by atoms with van der Waals surface area (Å²) in [6.45, 7) is 8.87. The molecule has 1 fully saturated rings. The summed E-state index contributed by atoms with van der Waals surface area (Å²) in [7, 11) is -3.43. The molecule has 0 aromatic carbocycles. The van der Waals surface area contributed by atoms with E-state index in [9.17, 15) is 8.42 Å². The van der Waals surface area contributed by atoms with Crippen molar-refractivity contribution < 1.29 is 8.42 Å². The molecule has 1 N–H and O–H groups in total. The van der Waals surface area contributed by atoms with Crippen LogP contribution in [0.3, 0.4) is 0 Å². The van der Waals surface area contributed by atoms with Gasteiger partial charge in [0.15, 0.2) is 0 Å². The van der Waals surface area contributed by atoms with E-state index in [-0.39, 0.29) is 16.9 Å². The Bertz CT molecular complexity index is 574. The van der Waals surface area contributed by atoms with Crippen molar-refractivity contribution in [2.45, 2.75) is 57.2 Å². The van der Waals surface area contributed by atoms with E-state index in [2.05, 4.69) is 48.3 Å². The van der Waals surface area contributed by atoms with E-state index >= 15 is 0 Å². The first kappa shape index (κ1) is 16.5. The molecule has 114 valence electrons. The molecule has 1 saturated carbocycles. The van der Waals surface area contributed by atoms with Gasteiger partial charge in [0.1, 0.15) is 4.21 Å². The first-order valence-corrected chi connectivity index (χ1v) is 9.92. The summed E-state index contributed by atoms with van der Waals surface area (Å²) in [5.41, 5.74) is 0.337. The molecule has 0 saturated heterocycles. The Kier molecular flexibility index (Phi) is 4.42. The molecule has 1 aliphatic rings. The fraction of sp³-hybridized carbons (Fsp3) is 0.714. The minimum atomic E-state index is -3.43. The van der Waals surface area contributed by atoms with Gasteiger partial charge >= 0.3 is 0 Å². The van der Waals surface area contributed by atoms with Gasteiger partial charge in [-0.3, -0.25) is 0 Å². The van der Waals surface area contributed by atoms with Crippen molar-refractivity contribution in [3.8, 4) is 0 Å². The van der Waals surface area contributed by atoms with Gasteiger partial charge in [0.25, 0.3) is 10.0 Å². The van der Waals surface area contributed by atoms with Gasteiger partial charge in [0.05, 0.1) is 0 Å². The molecular weight excluding hydrogens is 358 g/mol. The van der Waals surface area contributed by atoms with Crippen molar-refractivity contribution in [3.63, 3.8) is 0 Å². The van der Waals surface area contributed by atoms with Gasteiger partial charge in [-0.15, -0.1) is 11.3 Å². The molecule has 3 nitrogen and oxygen atoms in total. The lowest BCUT2D eigenvalue weighted by Gasteiger charge is -2.44. The van der Waals surface area contributed by atoms with E-state index in [1.54, 1.807) is 11.4 Å². The zero-order valence-electron chi connectivity index (χ0n) is 12.4. The van der Waals surface area contributed by atoms with Crippen molar-refractivity contribution >= 4 is 37.3 Å². The number of hydrogen-bond acceptors (Lipinski definition) is 3. The molecule has 1 aromatic rings. The molecular formula is C14H22BrNO2S2. The average molecular weight is 380 g/mol. The number of halogens is 1. The molecule has 0 spiro atoms. The maximum absolute atomic E-state index is 12.5. The van der Waals surface area contributed by atoms with Crippen LogP contribution < -0.4 is 4.72 Å². The Morgan fingerprint density at radius 2 is 1.80 bits per heavy atom. The second-order valence-electron chi connectivity index (χ2n) is 7.29. The van der Waals surface area contributed by atoms with E-state index in [0.717, 1.165) is 19.3 Å². The van der Waals surface area contributed by atoms with Crippen molar-refractivity contribution in [1.29, 1.82) is 0 Å². The molecule has 1 aromatic heterocycles. The third-order valence-electron chi connectivity index (χ3n) is 3.71. The van der Waals surface area contributed by atoms with E-state index in [1.807, 2.05) is 0 Å². The standard InChI is InChI=1S/C14H22BrNO2S2/c1-13(2)7-10(8-14(3,4)9-13)16-20(17,18)12-11(15)5-6-19-12/h5-6,10,16H,7-9H2,1-4H3. The summed E-state index contributed by atoms with van der Waals surface area (Å²) >= 11 is 4.55. The summed E-state index contributed by atoms with van der Waals surface area (Å²) in [6.07, 6.45) is 2.90. The largest absolute Gasteiger partial charge is 0.251 e. The van der Waals surface area contributed by atoms with E-state index in [4.69, 9.17) is 0 Å². The minimum Gasteiger partial charge on any atom is -0.207 e. The third-order valence-corrected chi connectivity index (χ3v) is 7.90. The molecule has 0 radical (unpaired) electrons. The van der Waals surface area contributed by atoms with Crippen molar-refractivity contribution in [1.82, 2.24) is 4.72 Å². The zero-order chi connectivity index (χ0) is 15.2. The van der Waals surface area contributed by atoms with Crippen LogP contribution in [-0.2, 0) is 10.0 Å². The number of hydrogen-bond donors (Lipinski definition) is 1. The lowest BCUT2D eigenvalue weighted by molar-refractivity contribution is 0.0934. The SMILES string of the molecule is CC1(C)CC(NS(=O)(=O)c2sccc2Br)CC(C)(C)C1. The first-order chi connectivity index (χ1) is 9.01. The Morgan fingerprint density at radius 1 is 1.25 bits per heavy atom. The normalized spacial score (nSPS) is 22.9. The van der Waals surface area contributed by atoms with Crippen LogP contribution in [0.2, 0.25) is 0 Å². The first-order valence-electron chi connectivity index (χ1n) is 6.76. The smallest absolute Gasteiger partial charge is 0.207 e. The lowest BCUT2D eigenvalue weighted by atomic mass is 9.64. The summed E-state index contributed by atoms with van der Waals surface area (Å²) in [4.78, 5) is 0. The van der Waals surface area contributed by atoms with E-state index in [0.29, 0.717) is 8.68 Å². The highest BCUT2D eigenvalue weighted by Gasteiger charge is 2.40. The molecule has 0 atom stereocenters. The highest BCUT2D eigenvalue weighted by molar-refractivity contribution is 9.10. The van der Waals surface area contributed by atoms with Crippen molar-refractivity contribution in [3.05, 3.63) is 15.9 Å². The molecule has 6 heteroatoms. The van der Waals surface area contributed by atoms with Crippen LogP contribution in [0.4, 0.5) is 0 Å². The van der Waals surface area contributed by atoms with Crippen molar-refractivity contribution in [2.24, 2.45) is 10.8 Å². The quantitative estimate of drug-likeness (QED) is 0.845. The molecule has 0 aliphatic heterocycles. The van der Waals surface area contributed by atoms with Crippen molar-refractivity contribution in [2.75, 3.05) is 0 Å². The van der Waals surface area contributed by atoms with Crippen LogP contribution in [0, 0.1) is 10.8 Å². The minimum absolute atomic E-state index is 0.00718. The summed E-state index contributed by atoms with van der Waals surface area (Å²) in [6, 6.07) is 1.78. The Hall–Kier alpha value is 0.0900. The van der Waals surface area contributed by atoms with Gasteiger partial charge in [0.2, 0.25) is 0 Å². The van der Waals surface area contributed by atoms with E-state index in [1.165, 1.54) is 11.3 Å². The van der Waals surface area contributed by atoms with Gasteiger partial charge in [-0.1, -0.05) is 27.7 Å². The molecule has 0 unspecified atom stereocenters. The Labute approximate surface area is 134 Å². The predicted molar refractivity (Wildman–Crippen MR) is 87.5 cm³/mol. The second kappa shape index (κ2) is 5.38. The van der Waals surface area contributed by atoms with Gasteiger partial charge in [0, 0.05) is 10.5 Å². The molecule has 20 heavy (non-hydrogen) atoms. The monoisotopic (exact) mass is 379 g/mol. The second-order valence-corrected chi connectivity index (χ2v) is 11.0. The summed E-state index contributed by atoms with van der Waals surface area (Å²) < 4.78 is 28.9. The molecule has 0 bridgehead atoms. The number of sulfonamides is 1. The Balaban J connectivity index is 2.20. The summed E-state index contributed by atoms with van der Waals surface area (Å²) in [5, 5.41) is 1.79. The maximum Gasteiger partial charge on any atom is 0.251 e. The highest BCUT2D eigenvalue weighted by Crippen LogP contribution is 2.46. The number of thiophene rings is 1. The zero-order valence-corrected chi connectivity index (χ0v) is 15.6. The summed E-state index contributed by atoms with van der Waals surface area (Å²) in [5.74, 6) is 0. The predicted octanol–water partition coefficient (Wildman–Crippen LogP) is 4.39. The average Bonchev–Trinajstić information content (AvgIpc) is 2.58. The maximum atomic E-state index is 12.5. The van der Waals surface area contributed by atoms with Gasteiger partial charge in [-0.05, 0) is 57.5 Å². The Morgan fingerprint density at radius 3 is 2.25 bits per heavy atom. The highest BCUT2D eigenvalue weighted by atomic mass is 79.9. The third kappa shape index (κ3) is 3.84. The lowest BCUT2D eigenvalue weighted by Crippen LogP contribution is -2.45. The molecule has 0 amide bonds. The van der Waals surface area contributed by atoms with Crippen LogP contribution in [0.25, 0.3) is 0 Å². The molecule has 1 aliphatic carbocycles. The molecule has 2 rings (SSSR count).